The van der Waals surface area contributed by atoms with Crippen LogP contribution < -0.4 is 5.32 Å². The van der Waals surface area contributed by atoms with Crippen LogP contribution in [0.25, 0.3) is 22.2 Å². The number of ether oxygens (including phenoxy) is 1. The number of aromatic nitrogens is 1. The molecule has 3 heterocycles. The minimum Gasteiger partial charge on any atom is -0.369 e. The van der Waals surface area contributed by atoms with Gasteiger partial charge < -0.3 is 15.0 Å². The van der Waals surface area contributed by atoms with Gasteiger partial charge in [-0.15, -0.1) is 0 Å². The van der Waals surface area contributed by atoms with Crippen molar-refractivity contribution >= 4 is 16.7 Å². The van der Waals surface area contributed by atoms with E-state index in [0.717, 1.165) is 6.42 Å². The zero-order chi connectivity index (χ0) is 20.4. The summed E-state index contributed by atoms with van der Waals surface area (Å²) < 4.78 is 45.5. The monoisotopic (exact) mass is 353 g/mol. The molecule has 2 aliphatic heterocycles. The molecule has 1 atom stereocenters. The Balaban J connectivity index is 1.72. The Morgan fingerprint density at radius 2 is 2.23 bits per heavy atom. The molecular formula is C21H19FN2O2. The molecule has 0 amide bonds. The molecular weight excluding hydrogens is 331 g/mol. The number of halogens is 1. The molecule has 0 bridgehead atoms. The molecule has 0 saturated carbocycles. The molecule has 0 spiro atoms. The van der Waals surface area contributed by atoms with Crippen LogP contribution in [0.2, 0.25) is 0 Å². The summed E-state index contributed by atoms with van der Waals surface area (Å²) in [5.74, 6) is -0.821. The summed E-state index contributed by atoms with van der Waals surface area (Å²) in [7, 11) is 0. The minimum absolute atomic E-state index is 0.195. The first-order valence-electron chi connectivity index (χ1n) is 10.2. The first-order valence-corrected chi connectivity index (χ1v) is 8.68. The zero-order valence-corrected chi connectivity index (χ0v) is 14.0. The zero-order valence-electron chi connectivity index (χ0n) is 17.0. The second kappa shape index (κ2) is 6.04. The van der Waals surface area contributed by atoms with E-state index in [1.165, 1.54) is 6.07 Å². The molecule has 0 unspecified atom stereocenters. The van der Waals surface area contributed by atoms with Crippen LogP contribution in [0.3, 0.4) is 0 Å². The summed E-state index contributed by atoms with van der Waals surface area (Å²) in [6.45, 7) is -1.90. The van der Waals surface area contributed by atoms with Crippen LogP contribution >= 0.6 is 0 Å². The van der Waals surface area contributed by atoms with Crippen molar-refractivity contribution < 1.29 is 18.0 Å². The van der Waals surface area contributed by atoms with Gasteiger partial charge in [-0.05, 0) is 31.5 Å². The second-order valence-electron chi connectivity index (χ2n) is 6.62. The quantitative estimate of drug-likeness (QED) is 0.729. The average Bonchev–Trinajstić information content (AvgIpc) is 3.28. The van der Waals surface area contributed by atoms with Gasteiger partial charge in [-0.3, -0.25) is 4.79 Å². The van der Waals surface area contributed by atoms with E-state index >= 15 is 0 Å². The Morgan fingerprint density at radius 3 is 3.04 bits per heavy atom. The molecule has 5 heteroatoms. The summed E-state index contributed by atoms with van der Waals surface area (Å²) in [4.78, 5) is 15.6. The van der Waals surface area contributed by atoms with Gasteiger partial charge in [0.05, 0.1) is 16.4 Å². The number of aromatic amines is 1. The number of carbonyl (C=O) groups excluding carboxylic acids is 1. The number of hydrogen-bond acceptors (Lipinski definition) is 3. The molecule has 0 aliphatic carbocycles. The number of rotatable bonds is 2. The Labute approximate surface area is 154 Å². The number of benzene rings is 2. The van der Waals surface area contributed by atoms with E-state index in [-0.39, 0.29) is 23.5 Å². The molecule has 2 aromatic carbocycles. The van der Waals surface area contributed by atoms with Gasteiger partial charge in [0.25, 0.3) is 0 Å². The molecule has 132 valence electrons. The van der Waals surface area contributed by atoms with Crippen molar-refractivity contribution in [3.8, 4) is 11.3 Å². The van der Waals surface area contributed by atoms with Gasteiger partial charge in [0.15, 0.2) is 5.78 Å². The Bertz CT molecular complexity index is 1150. The van der Waals surface area contributed by atoms with Gasteiger partial charge in [0.1, 0.15) is 12.4 Å². The Hall–Kier alpha value is -2.50. The first-order chi connectivity index (χ1) is 13.8. The van der Waals surface area contributed by atoms with Crippen molar-refractivity contribution in [2.24, 2.45) is 0 Å². The van der Waals surface area contributed by atoms with Crippen molar-refractivity contribution in [1.29, 1.82) is 0 Å². The van der Waals surface area contributed by atoms with Gasteiger partial charge >= 0.3 is 0 Å². The summed E-state index contributed by atoms with van der Waals surface area (Å²) in [5, 5.41) is 3.50. The smallest absolute Gasteiger partial charge is 0.189 e. The normalized spacial score (nSPS) is 26.3. The number of Topliss-reactive ketones (excluding diaryl/α,β-unsaturated/α-hetero) is 1. The molecule has 5 rings (SSSR count). The van der Waals surface area contributed by atoms with E-state index in [2.05, 4.69) is 10.3 Å². The Morgan fingerprint density at radius 1 is 1.31 bits per heavy atom. The topological polar surface area (TPSA) is 54.1 Å². The van der Waals surface area contributed by atoms with Gasteiger partial charge in [0.2, 0.25) is 0 Å². The summed E-state index contributed by atoms with van der Waals surface area (Å²) in [6.07, 6.45) is 1.34. The van der Waals surface area contributed by atoms with Gasteiger partial charge in [-0.2, -0.15) is 0 Å². The van der Waals surface area contributed by atoms with Gasteiger partial charge in [-0.1, -0.05) is 24.3 Å². The predicted molar refractivity (Wildman–Crippen MR) is 97.7 cm³/mol. The fourth-order valence-corrected chi connectivity index (χ4v) is 3.79. The fourth-order valence-electron chi connectivity index (χ4n) is 3.79. The van der Waals surface area contributed by atoms with E-state index in [1.54, 1.807) is 30.3 Å². The lowest BCUT2D eigenvalue weighted by Gasteiger charge is -2.13. The summed E-state index contributed by atoms with van der Waals surface area (Å²) in [5.41, 5.74) is 2.26. The van der Waals surface area contributed by atoms with Crippen LogP contribution in [-0.4, -0.2) is 23.9 Å². The molecule has 1 saturated heterocycles. The number of ketones is 1. The van der Waals surface area contributed by atoms with Gasteiger partial charge in [-0.25, -0.2) is 4.39 Å². The van der Waals surface area contributed by atoms with Crippen molar-refractivity contribution in [1.82, 2.24) is 10.3 Å². The third-order valence-corrected chi connectivity index (χ3v) is 5.03. The molecule has 2 N–H and O–H groups in total. The lowest BCUT2D eigenvalue weighted by atomic mass is 9.98. The highest BCUT2D eigenvalue weighted by molar-refractivity contribution is 6.11. The highest BCUT2D eigenvalue weighted by Gasteiger charge is 2.24. The maximum Gasteiger partial charge on any atom is 0.189 e. The first kappa shape index (κ1) is 12.8. The van der Waals surface area contributed by atoms with Crippen molar-refractivity contribution in [2.75, 3.05) is 13.2 Å². The second-order valence-corrected chi connectivity index (χ2v) is 6.62. The van der Waals surface area contributed by atoms with Crippen LogP contribution in [0.4, 0.5) is 4.39 Å². The maximum atomic E-state index is 15.0. The van der Waals surface area contributed by atoms with Crippen LogP contribution in [0.1, 0.15) is 44.5 Å². The minimum atomic E-state index is -2.21. The average molecular weight is 353 g/mol. The van der Waals surface area contributed by atoms with E-state index in [1.807, 2.05) is 0 Å². The van der Waals surface area contributed by atoms with Crippen LogP contribution in [0.15, 0.2) is 36.4 Å². The molecule has 1 fully saturated rings. The van der Waals surface area contributed by atoms with Gasteiger partial charge in [0, 0.05) is 39.2 Å². The molecule has 4 nitrogen and oxygen atoms in total. The molecule has 0 radical (unpaired) electrons. The Kier molecular flexibility index (Phi) is 2.97. The molecule has 2 aliphatic rings. The van der Waals surface area contributed by atoms with Crippen LogP contribution in [-0.2, 0) is 11.3 Å². The third-order valence-electron chi connectivity index (χ3n) is 5.03. The number of H-pyrrole nitrogens is 1. The number of carbonyl (C=O) groups is 1. The van der Waals surface area contributed by atoms with E-state index in [0.29, 0.717) is 40.7 Å². The lowest BCUT2D eigenvalue weighted by Crippen LogP contribution is -2.14. The van der Waals surface area contributed by atoms with Crippen molar-refractivity contribution in [2.45, 2.75) is 25.4 Å². The number of nitrogens with one attached hydrogen (secondary N) is 2. The fraction of sp³-hybridized carbons (Fsp3) is 0.286. The standard InChI is InChI=1S/C21H19FN2O2/c22-16-9-12(6-7-13(16)17-5-2-8-23-17)21-15-10-26-11-19(25)14-3-1-4-18(24-21)20(14)15/h1,3-4,6-7,9,17,23-24H,2,5,8,10-11H2/t17-/m0/s1/i10D2,17D. The highest BCUT2D eigenvalue weighted by Crippen LogP contribution is 2.36. The maximum absolute atomic E-state index is 15.0. The summed E-state index contributed by atoms with van der Waals surface area (Å²) in [6, 6.07) is 8.55. The van der Waals surface area contributed by atoms with Crippen LogP contribution in [0, 0.1) is 5.82 Å². The molecule has 1 aromatic heterocycles. The molecule has 26 heavy (non-hydrogen) atoms. The van der Waals surface area contributed by atoms with Crippen molar-refractivity contribution in [3.63, 3.8) is 0 Å². The number of hydrogen-bond donors (Lipinski definition) is 2. The summed E-state index contributed by atoms with van der Waals surface area (Å²) >= 11 is 0. The third kappa shape index (κ3) is 2.39. The van der Waals surface area contributed by atoms with E-state index < -0.39 is 18.4 Å². The van der Waals surface area contributed by atoms with Crippen LogP contribution in [0.5, 0.6) is 0 Å². The predicted octanol–water partition coefficient (Wildman–Crippen LogP) is 4.11. The largest absolute Gasteiger partial charge is 0.369 e. The van der Waals surface area contributed by atoms with E-state index in [9.17, 15) is 9.18 Å². The lowest BCUT2D eigenvalue weighted by molar-refractivity contribution is 0.0742. The highest BCUT2D eigenvalue weighted by atomic mass is 19.1. The van der Waals surface area contributed by atoms with E-state index in [4.69, 9.17) is 8.85 Å². The van der Waals surface area contributed by atoms with Crippen molar-refractivity contribution in [3.05, 3.63) is 58.9 Å². The SMILES string of the molecule is [2H]C1([2H])OCC(=O)c2cccc3[nH]c(-c4ccc([C@]5([2H])CCCN5)c(F)c4)c1c23. The molecule has 3 aromatic rings.